The van der Waals surface area contributed by atoms with E-state index >= 15 is 0 Å². The number of fused-ring (bicyclic) bond motifs is 1. The molecule has 100 valence electrons. The fourth-order valence-corrected chi connectivity index (χ4v) is 2.55. The van der Waals surface area contributed by atoms with E-state index in [4.69, 9.17) is 11.6 Å². The first kappa shape index (κ1) is 12.9. The van der Waals surface area contributed by atoms with Gasteiger partial charge in [-0.05, 0) is 49.1 Å². The van der Waals surface area contributed by atoms with Gasteiger partial charge in [-0.15, -0.1) is 0 Å². The summed E-state index contributed by atoms with van der Waals surface area (Å²) in [6, 6.07) is 8.17. The molecule has 0 fully saturated rings. The first-order chi connectivity index (χ1) is 9.67. The van der Waals surface area contributed by atoms with Crippen molar-refractivity contribution in [2.24, 2.45) is 0 Å². The molecule has 1 heterocycles. The predicted octanol–water partition coefficient (Wildman–Crippen LogP) is 3.98. The zero-order valence-electron chi connectivity index (χ0n) is 10.6. The summed E-state index contributed by atoms with van der Waals surface area (Å²) in [4.78, 5) is 4.45. The SMILES string of the molecule is N#Cc1cc2c(nc1Nc1cc(Cl)ccc1F)CCC2. The van der Waals surface area contributed by atoms with E-state index in [0.717, 1.165) is 30.5 Å². The van der Waals surface area contributed by atoms with E-state index in [-0.39, 0.29) is 5.69 Å². The summed E-state index contributed by atoms with van der Waals surface area (Å²) in [7, 11) is 0. The number of hydrogen-bond donors (Lipinski definition) is 1. The third-order valence-corrected chi connectivity index (χ3v) is 3.59. The Morgan fingerprint density at radius 3 is 2.95 bits per heavy atom. The van der Waals surface area contributed by atoms with E-state index in [2.05, 4.69) is 16.4 Å². The van der Waals surface area contributed by atoms with Crippen molar-refractivity contribution in [2.45, 2.75) is 19.3 Å². The van der Waals surface area contributed by atoms with E-state index in [9.17, 15) is 9.65 Å². The summed E-state index contributed by atoms with van der Waals surface area (Å²) in [5.41, 5.74) is 2.73. The van der Waals surface area contributed by atoms with Crippen LogP contribution in [-0.2, 0) is 12.8 Å². The molecule has 1 N–H and O–H groups in total. The molecule has 0 aliphatic heterocycles. The Kier molecular flexibility index (Phi) is 3.29. The Labute approximate surface area is 121 Å². The lowest BCUT2D eigenvalue weighted by Gasteiger charge is -2.10. The van der Waals surface area contributed by atoms with Gasteiger partial charge in [-0.1, -0.05) is 11.6 Å². The lowest BCUT2D eigenvalue weighted by atomic mass is 10.1. The Hall–Kier alpha value is -2.12. The van der Waals surface area contributed by atoms with Gasteiger partial charge in [0.05, 0.1) is 11.3 Å². The Bertz CT molecular complexity index is 722. The molecule has 3 rings (SSSR count). The fraction of sp³-hybridized carbons (Fsp3) is 0.200. The van der Waals surface area contributed by atoms with Crippen LogP contribution in [-0.4, -0.2) is 4.98 Å². The first-order valence-electron chi connectivity index (χ1n) is 6.32. The molecule has 1 aliphatic carbocycles. The molecule has 0 spiro atoms. The number of aryl methyl sites for hydroxylation is 2. The number of rotatable bonds is 2. The summed E-state index contributed by atoms with van der Waals surface area (Å²) in [5.74, 6) is -0.0464. The third-order valence-electron chi connectivity index (χ3n) is 3.35. The minimum Gasteiger partial charge on any atom is -0.337 e. The van der Waals surface area contributed by atoms with Gasteiger partial charge in [-0.3, -0.25) is 0 Å². The van der Waals surface area contributed by atoms with Crippen LogP contribution in [0.25, 0.3) is 0 Å². The fourth-order valence-electron chi connectivity index (χ4n) is 2.37. The van der Waals surface area contributed by atoms with Gasteiger partial charge in [0.1, 0.15) is 17.7 Å². The minimum absolute atomic E-state index is 0.222. The van der Waals surface area contributed by atoms with E-state index in [0.29, 0.717) is 16.4 Å². The summed E-state index contributed by atoms with van der Waals surface area (Å²) >= 11 is 5.86. The number of nitrogens with zero attached hydrogens (tertiary/aromatic N) is 2. The van der Waals surface area contributed by atoms with Crippen LogP contribution >= 0.6 is 11.6 Å². The number of hydrogen-bond acceptors (Lipinski definition) is 3. The molecule has 20 heavy (non-hydrogen) atoms. The van der Waals surface area contributed by atoms with E-state index in [1.165, 1.54) is 18.2 Å². The van der Waals surface area contributed by atoms with Crippen LogP contribution in [0.4, 0.5) is 15.9 Å². The maximum Gasteiger partial charge on any atom is 0.148 e. The monoisotopic (exact) mass is 287 g/mol. The second kappa shape index (κ2) is 5.10. The van der Waals surface area contributed by atoms with Gasteiger partial charge >= 0.3 is 0 Å². The van der Waals surface area contributed by atoms with Crippen LogP contribution in [0.5, 0.6) is 0 Å². The maximum atomic E-state index is 13.7. The van der Waals surface area contributed by atoms with Gasteiger partial charge in [0.15, 0.2) is 0 Å². The maximum absolute atomic E-state index is 13.7. The standard InChI is InChI=1S/C15H11ClFN3/c16-11-4-5-12(17)14(7-11)20-15-10(8-18)6-9-2-1-3-13(9)19-15/h4-7H,1-3H2,(H,19,20). The zero-order chi connectivity index (χ0) is 14.1. The highest BCUT2D eigenvalue weighted by Crippen LogP contribution is 2.28. The highest BCUT2D eigenvalue weighted by atomic mass is 35.5. The Morgan fingerprint density at radius 2 is 2.15 bits per heavy atom. The van der Waals surface area contributed by atoms with Gasteiger partial charge in [-0.2, -0.15) is 5.26 Å². The Balaban J connectivity index is 2.02. The topological polar surface area (TPSA) is 48.7 Å². The number of aromatic nitrogens is 1. The van der Waals surface area contributed by atoms with Crippen LogP contribution in [0.15, 0.2) is 24.3 Å². The summed E-state index contributed by atoms with van der Waals surface area (Å²) < 4.78 is 13.7. The van der Waals surface area contributed by atoms with Crippen molar-refractivity contribution in [1.82, 2.24) is 4.98 Å². The van der Waals surface area contributed by atoms with Crippen molar-refractivity contribution < 1.29 is 4.39 Å². The second-order valence-corrected chi connectivity index (χ2v) is 5.14. The number of halogens is 2. The number of anilines is 2. The largest absolute Gasteiger partial charge is 0.337 e. The molecular formula is C15H11ClFN3. The lowest BCUT2D eigenvalue weighted by Crippen LogP contribution is -2.02. The summed E-state index contributed by atoms with van der Waals surface area (Å²) in [6.45, 7) is 0. The molecule has 0 bridgehead atoms. The van der Waals surface area contributed by atoms with Crippen molar-refractivity contribution in [3.05, 3.63) is 51.9 Å². The highest BCUT2D eigenvalue weighted by Gasteiger charge is 2.17. The molecule has 1 aromatic heterocycles. The zero-order valence-corrected chi connectivity index (χ0v) is 11.3. The molecule has 0 radical (unpaired) electrons. The molecule has 0 saturated heterocycles. The molecule has 1 aliphatic rings. The van der Waals surface area contributed by atoms with Gasteiger partial charge < -0.3 is 5.32 Å². The van der Waals surface area contributed by atoms with Crippen LogP contribution in [0, 0.1) is 17.1 Å². The first-order valence-corrected chi connectivity index (χ1v) is 6.70. The number of nitrogens with one attached hydrogen (secondary N) is 1. The van der Waals surface area contributed by atoms with Crippen molar-refractivity contribution >= 4 is 23.1 Å². The van der Waals surface area contributed by atoms with Crippen molar-refractivity contribution in [3.63, 3.8) is 0 Å². The average Bonchev–Trinajstić information content (AvgIpc) is 2.89. The van der Waals surface area contributed by atoms with Crippen molar-refractivity contribution in [1.29, 1.82) is 5.26 Å². The second-order valence-electron chi connectivity index (χ2n) is 4.70. The molecule has 3 nitrogen and oxygen atoms in total. The highest BCUT2D eigenvalue weighted by molar-refractivity contribution is 6.30. The molecule has 5 heteroatoms. The van der Waals surface area contributed by atoms with Gasteiger partial charge in [-0.25, -0.2) is 9.37 Å². The third kappa shape index (κ3) is 2.33. The van der Waals surface area contributed by atoms with Crippen molar-refractivity contribution in [2.75, 3.05) is 5.32 Å². The Morgan fingerprint density at radius 1 is 1.30 bits per heavy atom. The van der Waals surface area contributed by atoms with Crippen LogP contribution in [0.3, 0.4) is 0 Å². The lowest BCUT2D eigenvalue weighted by molar-refractivity contribution is 0.632. The molecule has 0 unspecified atom stereocenters. The van der Waals surface area contributed by atoms with Crippen LogP contribution in [0.1, 0.15) is 23.2 Å². The van der Waals surface area contributed by atoms with E-state index in [1.807, 2.05) is 6.07 Å². The van der Waals surface area contributed by atoms with Gasteiger partial charge in [0.2, 0.25) is 0 Å². The van der Waals surface area contributed by atoms with Crippen LogP contribution in [0.2, 0.25) is 5.02 Å². The number of pyridine rings is 1. The number of benzene rings is 1. The molecular weight excluding hydrogens is 277 g/mol. The quantitative estimate of drug-likeness (QED) is 0.909. The molecule has 2 aromatic rings. The smallest absolute Gasteiger partial charge is 0.148 e. The molecule has 0 atom stereocenters. The molecule has 0 amide bonds. The average molecular weight is 288 g/mol. The normalized spacial score (nSPS) is 12.8. The van der Waals surface area contributed by atoms with Gasteiger partial charge in [0, 0.05) is 10.7 Å². The van der Waals surface area contributed by atoms with Crippen molar-refractivity contribution in [3.8, 4) is 6.07 Å². The minimum atomic E-state index is -0.430. The summed E-state index contributed by atoms with van der Waals surface area (Å²) in [6.07, 6.45) is 2.89. The molecule has 0 saturated carbocycles. The van der Waals surface area contributed by atoms with E-state index in [1.54, 1.807) is 0 Å². The summed E-state index contributed by atoms with van der Waals surface area (Å²) in [5, 5.41) is 12.5. The molecule has 1 aromatic carbocycles. The van der Waals surface area contributed by atoms with E-state index < -0.39 is 5.82 Å². The number of nitriles is 1. The van der Waals surface area contributed by atoms with Crippen LogP contribution < -0.4 is 5.32 Å². The predicted molar refractivity (Wildman–Crippen MR) is 75.7 cm³/mol. The van der Waals surface area contributed by atoms with Gasteiger partial charge in [0.25, 0.3) is 0 Å².